The molecule has 3 N–H and O–H groups in total. The van der Waals surface area contributed by atoms with Gasteiger partial charge in [-0.3, -0.25) is 4.57 Å². The molecule has 0 radical (unpaired) electrons. The molecule has 2 aromatic heterocycles. The van der Waals surface area contributed by atoms with Crippen LogP contribution in [0.5, 0.6) is 0 Å². The molecule has 0 amide bonds. The number of thiol groups is 1. The van der Waals surface area contributed by atoms with Crippen molar-refractivity contribution in [1.82, 2.24) is 19.5 Å². The predicted octanol–water partition coefficient (Wildman–Crippen LogP) is 0.153. The number of fused-ring (bicyclic) bond motifs is 1. The zero-order chi connectivity index (χ0) is 13.6. The molecule has 3 heterocycles. The van der Waals surface area contributed by atoms with E-state index in [1.54, 1.807) is 10.9 Å². The first-order valence-electron chi connectivity index (χ1n) is 5.69. The largest absolute Gasteiger partial charge is 0.394 e. The van der Waals surface area contributed by atoms with Gasteiger partial charge in [0.2, 0.25) is 0 Å². The number of hydrogen-bond acceptors (Lipinski definition) is 7. The summed E-state index contributed by atoms with van der Waals surface area (Å²) in [4.78, 5) is 12.2. The second-order valence-electron chi connectivity index (χ2n) is 4.31. The van der Waals surface area contributed by atoms with Crippen molar-refractivity contribution >= 4 is 29.6 Å². The number of aliphatic hydroxyl groups is 1. The van der Waals surface area contributed by atoms with Gasteiger partial charge in [-0.05, 0) is 5.57 Å². The van der Waals surface area contributed by atoms with E-state index in [0.717, 1.165) is 5.57 Å². The maximum atomic E-state index is 9.24. The number of nitrogen functional groups attached to an aromatic ring is 1. The maximum Gasteiger partial charge on any atom is 0.167 e. The molecule has 100 valence electrons. The molecule has 8 heteroatoms. The minimum Gasteiger partial charge on any atom is -0.394 e. The Bertz CT molecular complexity index is 643. The van der Waals surface area contributed by atoms with Gasteiger partial charge in [-0.15, -0.1) is 0 Å². The quantitative estimate of drug-likeness (QED) is 0.535. The van der Waals surface area contributed by atoms with Crippen LogP contribution < -0.4 is 5.73 Å². The topological polar surface area (TPSA) is 99.1 Å². The van der Waals surface area contributed by atoms with E-state index < -0.39 is 12.3 Å². The summed E-state index contributed by atoms with van der Waals surface area (Å²) in [6.07, 6.45) is 2.09. The Morgan fingerprint density at radius 3 is 2.95 bits per heavy atom. The van der Waals surface area contributed by atoms with E-state index in [9.17, 15) is 5.11 Å². The molecule has 0 aromatic carbocycles. The van der Waals surface area contributed by atoms with Gasteiger partial charge in [0.15, 0.2) is 17.7 Å². The van der Waals surface area contributed by atoms with E-state index in [4.69, 9.17) is 10.5 Å². The molecule has 7 nitrogen and oxygen atoms in total. The zero-order valence-electron chi connectivity index (χ0n) is 9.97. The van der Waals surface area contributed by atoms with Crippen LogP contribution in [0.15, 0.2) is 24.8 Å². The SMILES string of the molecule is C=C1[C@H](n2cnc3c(N)ncnc32)O[C@H](CO)[C@H]1S. The smallest absolute Gasteiger partial charge is 0.167 e. The summed E-state index contributed by atoms with van der Waals surface area (Å²) in [6, 6.07) is 0. The Morgan fingerprint density at radius 2 is 2.26 bits per heavy atom. The van der Waals surface area contributed by atoms with Crippen LogP contribution in [-0.2, 0) is 4.74 Å². The average Bonchev–Trinajstić information content (AvgIpc) is 2.94. The minimum absolute atomic E-state index is 0.118. The second-order valence-corrected chi connectivity index (χ2v) is 4.87. The van der Waals surface area contributed by atoms with Crippen LogP contribution in [0.1, 0.15) is 6.23 Å². The van der Waals surface area contributed by atoms with E-state index in [-0.39, 0.29) is 11.9 Å². The molecule has 0 aliphatic carbocycles. The monoisotopic (exact) mass is 279 g/mol. The van der Waals surface area contributed by atoms with Crippen LogP contribution >= 0.6 is 12.6 Å². The molecule has 19 heavy (non-hydrogen) atoms. The fourth-order valence-corrected chi connectivity index (χ4v) is 2.43. The van der Waals surface area contributed by atoms with Gasteiger partial charge in [0.1, 0.15) is 11.8 Å². The first-order valence-corrected chi connectivity index (χ1v) is 6.21. The summed E-state index contributed by atoms with van der Waals surface area (Å²) >= 11 is 4.39. The van der Waals surface area contributed by atoms with Crippen molar-refractivity contribution < 1.29 is 9.84 Å². The number of nitrogens with zero attached hydrogens (tertiary/aromatic N) is 4. The lowest BCUT2D eigenvalue weighted by Gasteiger charge is -2.14. The summed E-state index contributed by atoms with van der Waals surface area (Å²) in [6.45, 7) is 3.85. The molecule has 0 saturated carbocycles. The molecule has 0 spiro atoms. The van der Waals surface area contributed by atoms with Crippen LogP contribution in [-0.4, -0.2) is 42.6 Å². The van der Waals surface area contributed by atoms with Gasteiger partial charge in [-0.25, -0.2) is 15.0 Å². The van der Waals surface area contributed by atoms with Gasteiger partial charge in [0, 0.05) is 0 Å². The van der Waals surface area contributed by atoms with Crippen molar-refractivity contribution in [2.75, 3.05) is 12.3 Å². The highest BCUT2D eigenvalue weighted by Gasteiger charge is 2.38. The minimum atomic E-state index is -0.459. The first kappa shape index (κ1) is 12.4. The summed E-state index contributed by atoms with van der Waals surface area (Å²) < 4.78 is 7.44. The van der Waals surface area contributed by atoms with E-state index in [1.165, 1.54) is 6.33 Å². The number of rotatable bonds is 2. The molecule has 3 rings (SSSR count). The molecule has 1 aliphatic rings. The molecular weight excluding hydrogens is 266 g/mol. The fourth-order valence-electron chi connectivity index (χ4n) is 2.14. The van der Waals surface area contributed by atoms with Crippen molar-refractivity contribution in [2.45, 2.75) is 17.6 Å². The van der Waals surface area contributed by atoms with Crippen LogP contribution in [0, 0.1) is 0 Å². The van der Waals surface area contributed by atoms with Crippen molar-refractivity contribution in [3.63, 3.8) is 0 Å². The number of aliphatic hydroxyl groups excluding tert-OH is 1. The van der Waals surface area contributed by atoms with Crippen LogP contribution in [0.2, 0.25) is 0 Å². The Balaban J connectivity index is 2.06. The lowest BCUT2D eigenvalue weighted by atomic mass is 10.1. The van der Waals surface area contributed by atoms with Crippen molar-refractivity contribution in [1.29, 1.82) is 0 Å². The Hall–Kier alpha value is -1.64. The number of imidazole rings is 1. The lowest BCUT2D eigenvalue weighted by Crippen LogP contribution is -2.21. The van der Waals surface area contributed by atoms with Gasteiger partial charge in [-0.1, -0.05) is 6.58 Å². The number of hydrogen-bond donors (Lipinski definition) is 3. The lowest BCUT2D eigenvalue weighted by molar-refractivity contribution is -0.0118. The van der Waals surface area contributed by atoms with Gasteiger partial charge in [0.25, 0.3) is 0 Å². The van der Waals surface area contributed by atoms with Gasteiger partial charge in [0.05, 0.1) is 24.3 Å². The van der Waals surface area contributed by atoms with Crippen molar-refractivity contribution in [3.8, 4) is 0 Å². The molecule has 1 aliphatic heterocycles. The normalized spacial score (nSPS) is 27.3. The predicted molar refractivity (Wildman–Crippen MR) is 72.6 cm³/mol. The number of anilines is 1. The number of aromatic nitrogens is 4. The standard InChI is InChI=1S/C11H13N5O2S/c1-5-8(19)6(2-17)18-11(5)16-4-15-7-9(12)13-3-14-10(7)16/h3-4,6,8,11,17,19H,1-2H2,(H2,12,13,14)/t6-,8+,11-/m1/s1. The van der Waals surface area contributed by atoms with Crippen molar-refractivity contribution in [3.05, 3.63) is 24.8 Å². The third-order valence-corrected chi connectivity index (χ3v) is 3.84. The van der Waals surface area contributed by atoms with Gasteiger partial charge in [-0.2, -0.15) is 12.6 Å². The van der Waals surface area contributed by atoms with E-state index in [0.29, 0.717) is 17.0 Å². The Kier molecular flexibility index (Phi) is 2.92. The molecule has 0 bridgehead atoms. The molecule has 3 atom stereocenters. The van der Waals surface area contributed by atoms with Gasteiger partial charge < -0.3 is 15.6 Å². The maximum absolute atomic E-state index is 9.24. The zero-order valence-corrected chi connectivity index (χ0v) is 10.9. The third kappa shape index (κ3) is 1.79. The Morgan fingerprint density at radius 1 is 1.47 bits per heavy atom. The van der Waals surface area contributed by atoms with Gasteiger partial charge >= 0.3 is 0 Å². The number of nitrogens with two attached hydrogens (primary N) is 1. The number of ether oxygens (including phenoxy) is 1. The molecule has 1 saturated heterocycles. The highest BCUT2D eigenvalue weighted by atomic mass is 32.1. The van der Waals surface area contributed by atoms with Crippen LogP contribution in [0.4, 0.5) is 5.82 Å². The first-order chi connectivity index (χ1) is 9.13. The molecule has 0 unspecified atom stereocenters. The molecular formula is C11H13N5O2S. The van der Waals surface area contributed by atoms with Crippen molar-refractivity contribution in [2.24, 2.45) is 0 Å². The third-order valence-electron chi connectivity index (χ3n) is 3.17. The highest BCUT2D eigenvalue weighted by Crippen LogP contribution is 2.37. The van der Waals surface area contributed by atoms with Crippen LogP contribution in [0.3, 0.4) is 0 Å². The summed E-state index contributed by atoms with van der Waals surface area (Å²) in [5.74, 6) is 0.313. The summed E-state index contributed by atoms with van der Waals surface area (Å²) in [5, 5.41) is 9.01. The van der Waals surface area contributed by atoms with Crippen LogP contribution in [0.25, 0.3) is 11.2 Å². The van der Waals surface area contributed by atoms with E-state index >= 15 is 0 Å². The summed E-state index contributed by atoms with van der Waals surface area (Å²) in [5.41, 5.74) is 7.57. The summed E-state index contributed by atoms with van der Waals surface area (Å²) in [7, 11) is 0. The van der Waals surface area contributed by atoms with E-state index in [1.807, 2.05) is 0 Å². The molecule has 2 aromatic rings. The second kappa shape index (κ2) is 4.48. The highest BCUT2D eigenvalue weighted by molar-refractivity contribution is 7.81. The average molecular weight is 279 g/mol. The fraction of sp³-hybridized carbons (Fsp3) is 0.364. The van der Waals surface area contributed by atoms with E-state index in [2.05, 4.69) is 34.2 Å². The Labute approximate surface area is 114 Å². The molecule has 1 fully saturated rings.